The van der Waals surface area contributed by atoms with Gasteiger partial charge in [-0.3, -0.25) is 0 Å². The van der Waals surface area contributed by atoms with E-state index in [1.807, 2.05) is 0 Å². The highest BCUT2D eigenvalue weighted by atomic mass is 16.2. The van der Waals surface area contributed by atoms with Crippen molar-refractivity contribution in [1.82, 2.24) is 0 Å². The first-order valence-electron chi connectivity index (χ1n) is 6.70. The van der Waals surface area contributed by atoms with E-state index in [0.717, 1.165) is 6.42 Å². The minimum Gasteiger partial charge on any atom is -0.870 e. The van der Waals surface area contributed by atoms with Gasteiger partial charge < -0.3 is 15.1 Å². The molecule has 0 aromatic heterocycles. The smallest absolute Gasteiger partial charge is 0.0787 e. The number of unbranched alkanes of at least 4 members (excludes halogenated alkanes) is 1. The predicted octanol–water partition coefficient (Wildman–Crippen LogP) is 2.63. The zero-order chi connectivity index (χ0) is 11.6. The Morgan fingerprint density at radius 2 is 1.19 bits per heavy atom. The molecule has 0 rings (SSSR count). The lowest BCUT2D eigenvalue weighted by Gasteiger charge is -2.38. The average molecular weight is 233 g/mol. The lowest BCUT2D eigenvalue weighted by atomic mass is 10.2. The van der Waals surface area contributed by atoms with Gasteiger partial charge in [-0.1, -0.05) is 20.8 Å². The summed E-state index contributed by atoms with van der Waals surface area (Å²) in [5.74, 6) is 0. The van der Waals surface area contributed by atoms with Gasteiger partial charge in [0, 0.05) is 6.61 Å². The fourth-order valence-corrected chi connectivity index (χ4v) is 2.65. The Kier molecular flexibility index (Phi) is 13.0. The minimum absolute atomic E-state index is 0. The lowest BCUT2D eigenvalue weighted by Crippen LogP contribution is -2.50. The Morgan fingerprint density at radius 1 is 0.750 bits per heavy atom. The average Bonchev–Trinajstić information content (AvgIpc) is 2.19. The van der Waals surface area contributed by atoms with E-state index in [1.54, 1.807) is 0 Å². The highest BCUT2D eigenvalue weighted by Gasteiger charge is 2.23. The van der Waals surface area contributed by atoms with Gasteiger partial charge in [-0.05, 0) is 32.1 Å². The molecule has 0 aromatic rings. The van der Waals surface area contributed by atoms with Gasteiger partial charge in [0.1, 0.15) is 0 Å². The molecule has 16 heavy (non-hydrogen) atoms. The van der Waals surface area contributed by atoms with E-state index >= 15 is 0 Å². The fraction of sp³-hybridized carbons (Fsp3) is 1.00. The summed E-state index contributed by atoms with van der Waals surface area (Å²) in [4.78, 5) is 0. The Morgan fingerprint density at radius 3 is 1.50 bits per heavy atom. The Hall–Kier alpha value is -0.120. The van der Waals surface area contributed by atoms with Crippen LogP contribution in [0.3, 0.4) is 0 Å². The molecule has 0 aromatic carbocycles. The van der Waals surface area contributed by atoms with Gasteiger partial charge in [0.25, 0.3) is 0 Å². The maximum absolute atomic E-state index is 8.85. The van der Waals surface area contributed by atoms with E-state index in [2.05, 4.69) is 20.8 Å². The van der Waals surface area contributed by atoms with E-state index in [1.165, 1.54) is 56.3 Å². The molecule has 0 unspecified atom stereocenters. The molecule has 0 aliphatic carbocycles. The standard InChI is InChI=1S/C13H30NO.H2O/c1-4-9-14(10-5-2,11-6-3)12-7-8-13-15;/h15H,4-13H2,1-3H3;1H2/q+1;/p-1. The van der Waals surface area contributed by atoms with Gasteiger partial charge in [0.2, 0.25) is 0 Å². The normalized spacial score (nSPS) is 11.2. The third kappa shape index (κ3) is 7.20. The summed E-state index contributed by atoms with van der Waals surface area (Å²) in [6, 6.07) is 0. The van der Waals surface area contributed by atoms with Crippen LogP contribution in [-0.2, 0) is 0 Å². The zero-order valence-corrected chi connectivity index (χ0v) is 11.4. The van der Waals surface area contributed by atoms with Crippen molar-refractivity contribution in [2.45, 2.75) is 52.9 Å². The van der Waals surface area contributed by atoms with Gasteiger partial charge in [0.05, 0.1) is 26.2 Å². The third-order valence-corrected chi connectivity index (χ3v) is 3.13. The Bertz CT molecular complexity index is 123. The predicted molar refractivity (Wildman–Crippen MR) is 68.9 cm³/mol. The van der Waals surface area contributed by atoms with Crippen LogP contribution in [0, 0.1) is 0 Å². The number of aliphatic hydroxyl groups is 1. The molecule has 0 saturated heterocycles. The summed E-state index contributed by atoms with van der Waals surface area (Å²) in [5, 5.41) is 8.85. The molecule has 0 aliphatic heterocycles. The summed E-state index contributed by atoms with van der Waals surface area (Å²) in [5.41, 5.74) is 0. The SMILES string of the molecule is CCC[N+](CCC)(CCC)CCCCO.[OH-]. The van der Waals surface area contributed by atoms with E-state index < -0.39 is 0 Å². The van der Waals surface area contributed by atoms with Crippen molar-refractivity contribution in [2.75, 3.05) is 32.8 Å². The number of hydrogen-bond donors (Lipinski definition) is 1. The molecule has 2 N–H and O–H groups in total. The molecule has 0 spiro atoms. The number of rotatable bonds is 10. The molecule has 0 radical (unpaired) electrons. The first-order chi connectivity index (χ1) is 7.24. The molecule has 0 saturated carbocycles. The number of nitrogens with zero attached hydrogens (tertiary/aromatic N) is 1. The summed E-state index contributed by atoms with van der Waals surface area (Å²) in [7, 11) is 0. The van der Waals surface area contributed by atoms with Gasteiger partial charge in [-0.2, -0.15) is 0 Å². The van der Waals surface area contributed by atoms with Crippen LogP contribution in [0.2, 0.25) is 0 Å². The lowest BCUT2D eigenvalue weighted by molar-refractivity contribution is -0.928. The van der Waals surface area contributed by atoms with Crippen LogP contribution in [0.4, 0.5) is 0 Å². The quantitative estimate of drug-likeness (QED) is 0.466. The topological polar surface area (TPSA) is 50.2 Å². The highest BCUT2D eigenvalue weighted by molar-refractivity contribution is 4.46. The van der Waals surface area contributed by atoms with Gasteiger partial charge in [0.15, 0.2) is 0 Å². The van der Waals surface area contributed by atoms with Crippen molar-refractivity contribution in [3.8, 4) is 0 Å². The minimum atomic E-state index is 0. The molecule has 0 aliphatic rings. The third-order valence-electron chi connectivity index (χ3n) is 3.13. The second-order valence-electron chi connectivity index (χ2n) is 4.67. The van der Waals surface area contributed by atoms with Gasteiger partial charge in [-0.15, -0.1) is 0 Å². The molecular formula is C13H31NO2. The summed E-state index contributed by atoms with van der Waals surface area (Å²) < 4.78 is 1.28. The van der Waals surface area contributed by atoms with Crippen molar-refractivity contribution in [3.05, 3.63) is 0 Å². The van der Waals surface area contributed by atoms with Crippen LogP contribution in [0.25, 0.3) is 0 Å². The molecule has 0 amide bonds. The van der Waals surface area contributed by atoms with E-state index in [4.69, 9.17) is 5.11 Å². The second-order valence-corrected chi connectivity index (χ2v) is 4.67. The molecular weight excluding hydrogens is 202 g/mol. The Labute approximate surface area is 101 Å². The van der Waals surface area contributed by atoms with Gasteiger partial charge in [-0.25, -0.2) is 0 Å². The van der Waals surface area contributed by atoms with Crippen LogP contribution in [0.5, 0.6) is 0 Å². The number of aliphatic hydroxyl groups excluding tert-OH is 1. The second kappa shape index (κ2) is 11.4. The molecule has 3 heteroatoms. The molecule has 0 atom stereocenters. The van der Waals surface area contributed by atoms with E-state index in [9.17, 15) is 0 Å². The number of hydrogen-bond acceptors (Lipinski definition) is 2. The fourth-order valence-electron chi connectivity index (χ4n) is 2.65. The van der Waals surface area contributed by atoms with E-state index in [0.29, 0.717) is 6.61 Å². The monoisotopic (exact) mass is 233 g/mol. The maximum atomic E-state index is 8.85. The van der Waals surface area contributed by atoms with E-state index in [-0.39, 0.29) is 5.48 Å². The molecule has 0 fully saturated rings. The van der Waals surface area contributed by atoms with Crippen molar-refractivity contribution in [3.63, 3.8) is 0 Å². The number of quaternary nitrogens is 1. The maximum Gasteiger partial charge on any atom is 0.0787 e. The Balaban J connectivity index is 0. The molecule has 0 heterocycles. The van der Waals surface area contributed by atoms with Crippen LogP contribution >= 0.6 is 0 Å². The van der Waals surface area contributed by atoms with Crippen molar-refractivity contribution in [1.29, 1.82) is 0 Å². The summed E-state index contributed by atoms with van der Waals surface area (Å²) in [6.07, 6.45) is 5.98. The van der Waals surface area contributed by atoms with Crippen LogP contribution < -0.4 is 0 Å². The van der Waals surface area contributed by atoms with Crippen molar-refractivity contribution >= 4 is 0 Å². The van der Waals surface area contributed by atoms with Crippen LogP contribution in [-0.4, -0.2) is 47.9 Å². The summed E-state index contributed by atoms with van der Waals surface area (Å²) >= 11 is 0. The van der Waals surface area contributed by atoms with Crippen LogP contribution in [0.15, 0.2) is 0 Å². The van der Waals surface area contributed by atoms with Crippen molar-refractivity contribution < 1.29 is 15.1 Å². The first kappa shape index (κ1) is 18.3. The highest BCUT2D eigenvalue weighted by Crippen LogP contribution is 2.13. The first-order valence-corrected chi connectivity index (χ1v) is 6.70. The molecule has 3 nitrogen and oxygen atoms in total. The zero-order valence-electron chi connectivity index (χ0n) is 11.4. The molecule has 100 valence electrons. The molecule has 0 bridgehead atoms. The van der Waals surface area contributed by atoms with Gasteiger partial charge >= 0.3 is 0 Å². The van der Waals surface area contributed by atoms with Crippen molar-refractivity contribution in [2.24, 2.45) is 0 Å². The summed E-state index contributed by atoms with van der Waals surface area (Å²) in [6.45, 7) is 12.4. The van der Waals surface area contributed by atoms with Crippen LogP contribution in [0.1, 0.15) is 52.9 Å². The largest absolute Gasteiger partial charge is 0.870 e.